The predicted molar refractivity (Wildman–Crippen MR) is 98.1 cm³/mol. The number of hydrogen-bond donors (Lipinski definition) is 1. The molecule has 1 aliphatic heterocycles. The smallest absolute Gasteiger partial charge is 0.251 e. The Balaban J connectivity index is 1.45. The molecule has 6 heteroatoms. The average molecular weight is 348 g/mol. The molecule has 0 aliphatic carbocycles. The van der Waals surface area contributed by atoms with E-state index in [9.17, 15) is 4.79 Å². The van der Waals surface area contributed by atoms with E-state index in [4.69, 9.17) is 4.74 Å². The molecule has 1 atom stereocenters. The van der Waals surface area contributed by atoms with Crippen molar-refractivity contribution in [3.8, 4) is 16.8 Å². The molecule has 26 heavy (non-hydrogen) atoms. The molecule has 1 N–H and O–H groups in total. The second-order valence-corrected chi connectivity index (χ2v) is 6.44. The van der Waals surface area contributed by atoms with Crippen molar-refractivity contribution in [2.75, 3.05) is 19.8 Å². The Morgan fingerprint density at radius 1 is 1.12 bits per heavy atom. The van der Waals surface area contributed by atoms with E-state index >= 15 is 0 Å². The van der Waals surface area contributed by atoms with Crippen LogP contribution in [0.4, 0.5) is 0 Å². The van der Waals surface area contributed by atoms with E-state index in [1.165, 1.54) is 0 Å². The highest BCUT2D eigenvalue weighted by molar-refractivity contribution is 5.94. The van der Waals surface area contributed by atoms with E-state index in [1.807, 2.05) is 47.0 Å². The minimum absolute atomic E-state index is 0.0401. The molecule has 1 unspecified atom stereocenters. The summed E-state index contributed by atoms with van der Waals surface area (Å²) in [5.74, 6) is 0.389. The third-order valence-electron chi connectivity index (χ3n) is 4.62. The summed E-state index contributed by atoms with van der Waals surface area (Å²) in [5.41, 5.74) is 3.79. The summed E-state index contributed by atoms with van der Waals surface area (Å²) < 4.78 is 7.19. The van der Waals surface area contributed by atoms with Crippen LogP contribution in [0.1, 0.15) is 16.8 Å². The van der Waals surface area contributed by atoms with Crippen molar-refractivity contribution in [3.05, 3.63) is 66.7 Å². The van der Waals surface area contributed by atoms with Crippen molar-refractivity contribution < 1.29 is 9.53 Å². The fraction of sp³-hybridized carbons (Fsp3) is 0.250. The lowest BCUT2D eigenvalue weighted by molar-refractivity contribution is 0.0945. The molecule has 0 bridgehead atoms. The zero-order valence-electron chi connectivity index (χ0n) is 14.3. The predicted octanol–water partition coefficient (Wildman–Crippen LogP) is 2.70. The number of ether oxygens (including phenoxy) is 1. The Hall–Kier alpha value is -2.99. The maximum Gasteiger partial charge on any atom is 0.251 e. The summed E-state index contributed by atoms with van der Waals surface area (Å²) in [6.07, 6.45) is 4.35. The molecule has 132 valence electrons. The molecule has 3 aromatic rings. The van der Waals surface area contributed by atoms with Crippen molar-refractivity contribution >= 4 is 5.91 Å². The van der Waals surface area contributed by atoms with Crippen molar-refractivity contribution in [1.82, 2.24) is 20.1 Å². The lowest BCUT2D eigenvalue weighted by atomic mass is 10.0. The van der Waals surface area contributed by atoms with Crippen molar-refractivity contribution in [3.63, 3.8) is 0 Å². The lowest BCUT2D eigenvalue weighted by Gasteiger charge is -2.10. The van der Waals surface area contributed by atoms with E-state index < -0.39 is 0 Å². The maximum absolute atomic E-state index is 12.3. The summed E-state index contributed by atoms with van der Waals surface area (Å²) in [6.45, 7) is 2.20. The highest BCUT2D eigenvalue weighted by atomic mass is 16.5. The Kier molecular flexibility index (Phi) is 4.75. The normalized spacial score (nSPS) is 16.5. The number of nitrogens with one attached hydrogen (secondary N) is 1. The summed E-state index contributed by atoms with van der Waals surface area (Å²) in [7, 11) is 0. The monoisotopic (exact) mass is 348 g/mol. The third-order valence-corrected chi connectivity index (χ3v) is 4.62. The Bertz CT molecular complexity index is 869. The van der Waals surface area contributed by atoms with Gasteiger partial charge in [-0.3, -0.25) is 9.36 Å². The fourth-order valence-electron chi connectivity index (χ4n) is 3.08. The highest BCUT2D eigenvalue weighted by Gasteiger charge is 2.16. The van der Waals surface area contributed by atoms with Crippen LogP contribution in [-0.4, -0.2) is 40.4 Å². The number of carbonyl (C=O) groups excluding carboxylic acids is 1. The molecular formula is C20H20N4O2. The van der Waals surface area contributed by atoms with Crippen LogP contribution in [-0.2, 0) is 4.74 Å². The first-order valence-corrected chi connectivity index (χ1v) is 8.71. The van der Waals surface area contributed by atoms with Gasteiger partial charge in [-0.1, -0.05) is 24.3 Å². The standard InChI is InChI=1S/C20H20N4O2/c25-20(21-11-15-8-9-26-12-15)17-6-4-16(5-7-17)18-2-1-3-19(10-18)24-13-22-23-14-24/h1-7,10,13-15H,8-9,11-12H2,(H,21,25). The van der Waals surface area contributed by atoms with Crippen molar-refractivity contribution in [2.45, 2.75) is 6.42 Å². The van der Waals surface area contributed by atoms with Gasteiger partial charge in [-0.05, 0) is 41.8 Å². The number of hydrogen-bond acceptors (Lipinski definition) is 4. The second kappa shape index (κ2) is 7.49. The molecular weight excluding hydrogens is 328 g/mol. The molecule has 2 aromatic carbocycles. The van der Waals surface area contributed by atoms with Crippen LogP contribution in [0.5, 0.6) is 0 Å². The fourth-order valence-corrected chi connectivity index (χ4v) is 3.08. The van der Waals surface area contributed by atoms with Gasteiger partial charge in [-0.25, -0.2) is 0 Å². The van der Waals surface area contributed by atoms with Crippen LogP contribution < -0.4 is 5.32 Å². The van der Waals surface area contributed by atoms with Crippen LogP contribution >= 0.6 is 0 Å². The minimum atomic E-state index is -0.0401. The highest BCUT2D eigenvalue weighted by Crippen LogP contribution is 2.22. The van der Waals surface area contributed by atoms with E-state index in [1.54, 1.807) is 12.7 Å². The first-order valence-electron chi connectivity index (χ1n) is 8.71. The molecule has 1 saturated heterocycles. The quantitative estimate of drug-likeness (QED) is 0.770. The van der Waals surface area contributed by atoms with Gasteiger partial charge in [0.2, 0.25) is 0 Å². The van der Waals surface area contributed by atoms with Gasteiger partial charge in [-0.15, -0.1) is 10.2 Å². The van der Waals surface area contributed by atoms with Gasteiger partial charge in [0.15, 0.2) is 0 Å². The molecule has 0 radical (unpaired) electrons. The summed E-state index contributed by atoms with van der Waals surface area (Å²) >= 11 is 0. The van der Waals surface area contributed by atoms with Crippen LogP contribution in [0, 0.1) is 5.92 Å². The van der Waals surface area contributed by atoms with Crippen molar-refractivity contribution in [1.29, 1.82) is 0 Å². The number of amides is 1. The van der Waals surface area contributed by atoms with E-state index in [0.29, 0.717) is 18.0 Å². The Morgan fingerprint density at radius 3 is 2.65 bits per heavy atom. The zero-order chi connectivity index (χ0) is 17.8. The maximum atomic E-state index is 12.3. The Labute approximate surface area is 151 Å². The average Bonchev–Trinajstić information content (AvgIpc) is 3.40. The van der Waals surface area contributed by atoms with Gasteiger partial charge in [0.05, 0.1) is 6.61 Å². The third kappa shape index (κ3) is 3.65. The van der Waals surface area contributed by atoms with Crippen LogP contribution in [0.15, 0.2) is 61.2 Å². The molecule has 1 amide bonds. The second-order valence-electron chi connectivity index (χ2n) is 6.44. The molecule has 0 saturated carbocycles. The number of rotatable bonds is 5. The Morgan fingerprint density at radius 2 is 1.92 bits per heavy atom. The number of nitrogens with zero attached hydrogens (tertiary/aromatic N) is 3. The minimum Gasteiger partial charge on any atom is -0.381 e. The van der Waals surface area contributed by atoms with Gasteiger partial charge in [0.25, 0.3) is 5.91 Å². The SMILES string of the molecule is O=C(NCC1CCOC1)c1ccc(-c2cccc(-n3cnnc3)c2)cc1. The van der Waals surface area contributed by atoms with E-state index in [0.717, 1.165) is 36.4 Å². The molecule has 2 heterocycles. The zero-order valence-corrected chi connectivity index (χ0v) is 14.3. The van der Waals surface area contributed by atoms with Crippen LogP contribution in [0.3, 0.4) is 0 Å². The van der Waals surface area contributed by atoms with Crippen LogP contribution in [0.2, 0.25) is 0 Å². The molecule has 6 nitrogen and oxygen atoms in total. The van der Waals surface area contributed by atoms with Crippen molar-refractivity contribution in [2.24, 2.45) is 5.92 Å². The number of benzene rings is 2. The molecule has 1 aliphatic rings. The molecule has 1 fully saturated rings. The van der Waals surface area contributed by atoms with Gasteiger partial charge >= 0.3 is 0 Å². The van der Waals surface area contributed by atoms with E-state index in [2.05, 4.69) is 21.6 Å². The first kappa shape index (κ1) is 16.5. The van der Waals surface area contributed by atoms with Gasteiger partial charge in [-0.2, -0.15) is 0 Å². The van der Waals surface area contributed by atoms with E-state index in [-0.39, 0.29) is 5.91 Å². The largest absolute Gasteiger partial charge is 0.381 e. The van der Waals surface area contributed by atoms with Gasteiger partial charge in [0, 0.05) is 30.3 Å². The first-order chi connectivity index (χ1) is 12.8. The molecule has 4 rings (SSSR count). The number of aromatic nitrogens is 3. The lowest BCUT2D eigenvalue weighted by Crippen LogP contribution is -2.29. The summed E-state index contributed by atoms with van der Waals surface area (Å²) in [4.78, 5) is 12.3. The van der Waals surface area contributed by atoms with Gasteiger partial charge in [0.1, 0.15) is 12.7 Å². The molecule has 1 aromatic heterocycles. The molecule has 0 spiro atoms. The van der Waals surface area contributed by atoms with Gasteiger partial charge < -0.3 is 10.1 Å². The summed E-state index contributed by atoms with van der Waals surface area (Å²) in [6, 6.07) is 15.8. The number of carbonyl (C=O) groups is 1. The van der Waals surface area contributed by atoms with Crippen LogP contribution in [0.25, 0.3) is 16.8 Å². The topological polar surface area (TPSA) is 69.0 Å². The summed E-state index contributed by atoms with van der Waals surface area (Å²) in [5, 5.41) is 10.7.